The first-order valence-corrected chi connectivity index (χ1v) is 6.93. The van der Waals surface area contributed by atoms with E-state index in [-0.39, 0.29) is 0 Å². The smallest absolute Gasteiger partial charge is 0.193 e. The first kappa shape index (κ1) is 11.4. The van der Waals surface area contributed by atoms with Crippen LogP contribution in [-0.2, 0) is 5.75 Å². The van der Waals surface area contributed by atoms with E-state index in [0.29, 0.717) is 5.22 Å². The molecule has 0 saturated heterocycles. The van der Waals surface area contributed by atoms with Gasteiger partial charge in [-0.05, 0) is 55.3 Å². The van der Waals surface area contributed by atoms with Crippen LogP contribution in [0.15, 0.2) is 16.5 Å². The molecule has 1 aliphatic carbocycles. The number of halogens is 1. The van der Waals surface area contributed by atoms with E-state index >= 15 is 0 Å². The number of furan rings is 1. The first-order chi connectivity index (χ1) is 7.34. The second kappa shape index (κ2) is 5.83. The molecule has 84 valence electrons. The molecule has 2 rings (SSSR count). The summed E-state index contributed by atoms with van der Waals surface area (Å²) in [6, 6.07) is 4.57. The molecule has 1 aromatic rings. The molecule has 2 nitrogen and oxygen atoms in total. The van der Waals surface area contributed by atoms with E-state index < -0.39 is 0 Å². The highest BCUT2D eigenvalue weighted by molar-refractivity contribution is 7.98. The van der Waals surface area contributed by atoms with Crippen LogP contribution in [0.4, 0.5) is 0 Å². The molecule has 0 aliphatic heterocycles. The molecule has 4 heteroatoms. The molecule has 0 unspecified atom stereocenters. The van der Waals surface area contributed by atoms with E-state index in [1.54, 1.807) is 6.07 Å². The highest BCUT2D eigenvalue weighted by atomic mass is 35.5. The van der Waals surface area contributed by atoms with E-state index in [2.05, 4.69) is 5.32 Å². The maximum atomic E-state index is 5.68. The van der Waals surface area contributed by atoms with Crippen molar-refractivity contribution in [2.75, 3.05) is 12.3 Å². The van der Waals surface area contributed by atoms with Crippen LogP contribution in [0.2, 0.25) is 5.22 Å². The standard InChI is InChI=1S/C11H16ClNOS/c12-11-5-4-10(14-11)8-15-7-1-6-13-9-2-3-9/h4-5,9,13H,1-3,6-8H2. The third kappa shape index (κ3) is 4.49. The van der Waals surface area contributed by atoms with E-state index in [1.807, 2.05) is 17.8 Å². The summed E-state index contributed by atoms with van der Waals surface area (Å²) >= 11 is 7.58. The summed E-state index contributed by atoms with van der Waals surface area (Å²) in [5, 5.41) is 3.99. The van der Waals surface area contributed by atoms with Crippen molar-refractivity contribution < 1.29 is 4.42 Å². The molecule has 0 atom stereocenters. The van der Waals surface area contributed by atoms with Gasteiger partial charge in [0.1, 0.15) is 5.76 Å². The molecule has 1 N–H and O–H groups in total. The predicted molar refractivity (Wildman–Crippen MR) is 65.5 cm³/mol. The molecule has 1 saturated carbocycles. The SMILES string of the molecule is Clc1ccc(CSCCCNC2CC2)o1. The Balaban J connectivity index is 1.47. The fourth-order valence-electron chi connectivity index (χ4n) is 1.37. The summed E-state index contributed by atoms with van der Waals surface area (Å²) in [4.78, 5) is 0. The molecule has 0 radical (unpaired) electrons. The van der Waals surface area contributed by atoms with Gasteiger partial charge in [-0.25, -0.2) is 0 Å². The van der Waals surface area contributed by atoms with Gasteiger partial charge in [-0.1, -0.05) is 0 Å². The summed E-state index contributed by atoms with van der Waals surface area (Å²) in [5.41, 5.74) is 0. The summed E-state index contributed by atoms with van der Waals surface area (Å²) in [7, 11) is 0. The maximum Gasteiger partial charge on any atom is 0.193 e. The molecule has 1 heterocycles. The lowest BCUT2D eigenvalue weighted by Crippen LogP contribution is -2.17. The maximum absolute atomic E-state index is 5.68. The summed E-state index contributed by atoms with van der Waals surface area (Å²) in [6.07, 6.45) is 3.98. The number of rotatable bonds is 7. The quantitative estimate of drug-likeness (QED) is 0.747. The van der Waals surface area contributed by atoms with Crippen molar-refractivity contribution in [3.63, 3.8) is 0 Å². The lowest BCUT2D eigenvalue weighted by atomic mass is 10.5. The van der Waals surface area contributed by atoms with Gasteiger partial charge in [-0.3, -0.25) is 0 Å². The average molecular weight is 246 g/mol. The second-order valence-electron chi connectivity index (χ2n) is 3.84. The Morgan fingerprint density at radius 3 is 3.00 bits per heavy atom. The van der Waals surface area contributed by atoms with Gasteiger partial charge in [-0.2, -0.15) is 11.8 Å². The summed E-state index contributed by atoms with van der Waals surface area (Å²) in [6.45, 7) is 1.15. The van der Waals surface area contributed by atoms with Gasteiger partial charge in [-0.15, -0.1) is 0 Å². The number of hydrogen-bond donors (Lipinski definition) is 1. The fourth-order valence-corrected chi connectivity index (χ4v) is 2.38. The minimum Gasteiger partial charge on any atom is -0.449 e. The Bertz CT molecular complexity index is 299. The molecule has 1 aromatic heterocycles. The molecule has 0 spiro atoms. The van der Waals surface area contributed by atoms with Gasteiger partial charge in [0.25, 0.3) is 0 Å². The molecule has 0 amide bonds. The van der Waals surface area contributed by atoms with Crippen molar-refractivity contribution in [1.82, 2.24) is 5.32 Å². The molecule has 1 fully saturated rings. The number of thioether (sulfide) groups is 1. The Morgan fingerprint density at radius 1 is 1.47 bits per heavy atom. The van der Waals surface area contributed by atoms with Gasteiger partial charge in [0.15, 0.2) is 5.22 Å². The van der Waals surface area contributed by atoms with Crippen LogP contribution in [0, 0.1) is 0 Å². The topological polar surface area (TPSA) is 25.2 Å². The van der Waals surface area contributed by atoms with Crippen molar-refractivity contribution in [2.24, 2.45) is 0 Å². The van der Waals surface area contributed by atoms with Gasteiger partial charge in [0.05, 0.1) is 5.75 Å². The molecule has 0 bridgehead atoms. The average Bonchev–Trinajstić information content (AvgIpc) is 2.95. The van der Waals surface area contributed by atoms with Crippen molar-refractivity contribution in [3.05, 3.63) is 23.1 Å². The van der Waals surface area contributed by atoms with Crippen molar-refractivity contribution in [3.8, 4) is 0 Å². The van der Waals surface area contributed by atoms with Crippen LogP contribution in [0.5, 0.6) is 0 Å². The third-order valence-electron chi connectivity index (χ3n) is 2.35. The van der Waals surface area contributed by atoms with Crippen molar-refractivity contribution in [1.29, 1.82) is 0 Å². The highest BCUT2D eigenvalue weighted by Crippen LogP contribution is 2.20. The molecular formula is C11H16ClNOS. The minimum atomic E-state index is 0.487. The van der Waals surface area contributed by atoms with Gasteiger partial charge in [0, 0.05) is 6.04 Å². The Labute approximate surface area is 99.8 Å². The predicted octanol–water partition coefficient (Wildman–Crippen LogP) is 3.31. The van der Waals surface area contributed by atoms with Crippen molar-refractivity contribution >= 4 is 23.4 Å². The Kier molecular flexibility index (Phi) is 4.42. The fraction of sp³-hybridized carbons (Fsp3) is 0.636. The van der Waals surface area contributed by atoms with Crippen LogP contribution >= 0.6 is 23.4 Å². The Morgan fingerprint density at radius 2 is 2.33 bits per heavy atom. The lowest BCUT2D eigenvalue weighted by Gasteiger charge is -2.01. The van der Waals surface area contributed by atoms with Crippen LogP contribution < -0.4 is 5.32 Å². The van der Waals surface area contributed by atoms with Gasteiger partial charge < -0.3 is 9.73 Å². The van der Waals surface area contributed by atoms with E-state index in [4.69, 9.17) is 16.0 Å². The largest absolute Gasteiger partial charge is 0.449 e. The van der Waals surface area contributed by atoms with Gasteiger partial charge in [0.2, 0.25) is 0 Å². The van der Waals surface area contributed by atoms with Gasteiger partial charge >= 0.3 is 0 Å². The highest BCUT2D eigenvalue weighted by Gasteiger charge is 2.19. The van der Waals surface area contributed by atoms with E-state index in [9.17, 15) is 0 Å². The molecular weight excluding hydrogens is 230 g/mol. The van der Waals surface area contributed by atoms with Crippen LogP contribution in [0.1, 0.15) is 25.0 Å². The van der Waals surface area contributed by atoms with Crippen LogP contribution in [-0.4, -0.2) is 18.3 Å². The second-order valence-corrected chi connectivity index (χ2v) is 5.32. The molecule has 0 aromatic carbocycles. The molecule has 15 heavy (non-hydrogen) atoms. The van der Waals surface area contributed by atoms with E-state index in [0.717, 1.165) is 24.1 Å². The lowest BCUT2D eigenvalue weighted by molar-refractivity contribution is 0.532. The zero-order valence-electron chi connectivity index (χ0n) is 8.67. The summed E-state index contributed by atoms with van der Waals surface area (Å²) in [5.74, 6) is 3.08. The number of nitrogens with one attached hydrogen (secondary N) is 1. The van der Waals surface area contributed by atoms with E-state index in [1.165, 1.54) is 25.0 Å². The third-order valence-corrected chi connectivity index (χ3v) is 3.62. The van der Waals surface area contributed by atoms with Crippen molar-refractivity contribution in [2.45, 2.75) is 31.1 Å². The zero-order chi connectivity index (χ0) is 10.5. The first-order valence-electron chi connectivity index (χ1n) is 5.40. The summed E-state index contributed by atoms with van der Waals surface area (Å²) < 4.78 is 5.27. The minimum absolute atomic E-state index is 0.487. The van der Waals surface area contributed by atoms with Crippen LogP contribution in [0.25, 0.3) is 0 Å². The zero-order valence-corrected chi connectivity index (χ0v) is 10.2. The monoisotopic (exact) mass is 245 g/mol. The number of hydrogen-bond acceptors (Lipinski definition) is 3. The van der Waals surface area contributed by atoms with Crippen LogP contribution in [0.3, 0.4) is 0 Å². The normalized spacial score (nSPS) is 15.8. The Hall–Kier alpha value is -0.120. The molecule has 1 aliphatic rings.